The highest BCUT2D eigenvalue weighted by molar-refractivity contribution is 5.91. The molecule has 0 unspecified atom stereocenters. The van der Waals surface area contributed by atoms with Crippen molar-refractivity contribution in [3.05, 3.63) is 78.4 Å². The summed E-state index contributed by atoms with van der Waals surface area (Å²) in [5.74, 6) is 0.544. The Morgan fingerprint density at radius 1 is 0.848 bits per heavy atom. The number of nitrogens with zero attached hydrogens (tertiary/aromatic N) is 2. The minimum absolute atomic E-state index is 0.206. The third-order valence-corrected chi connectivity index (χ3v) is 4.64. The highest BCUT2D eigenvalue weighted by Crippen LogP contribution is 2.38. The van der Waals surface area contributed by atoms with E-state index in [2.05, 4.69) is 15.3 Å². The molecule has 0 aliphatic rings. The number of nitrogens with one attached hydrogen (secondary N) is 1. The van der Waals surface area contributed by atoms with E-state index < -0.39 is 11.7 Å². The van der Waals surface area contributed by atoms with E-state index in [0.29, 0.717) is 30.2 Å². The molecule has 0 atom stereocenters. The predicted octanol–water partition coefficient (Wildman–Crippen LogP) is 6.21. The molecule has 4 aromatic rings. The van der Waals surface area contributed by atoms with Gasteiger partial charge in [0.1, 0.15) is 23.9 Å². The Morgan fingerprint density at radius 2 is 1.58 bits per heavy atom. The number of alkyl halides is 3. The first kappa shape index (κ1) is 22.3. The quantitative estimate of drug-likeness (QED) is 0.319. The van der Waals surface area contributed by atoms with E-state index in [0.717, 1.165) is 11.5 Å². The van der Waals surface area contributed by atoms with Crippen molar-refractivity contribution in [3.63, 3.8) is 0 Å². The van der Waals surface area contributed by atoms with Crippen LogP contribution < -0.4 is 14.8 Å². The van der Waals surface area contributed by atoms with Crippen LogP contribution in [0.2, 0.25) is 0 Å². The van der Waals surface area contributed by atoms with Gasteiger partial charge >= 0.3 is 12.2 Å². The number of para-hydroxylation sites is 2. The third kappa shape index (κ3) is 5.50. The maximum absolute atomic E-state index is 13.2. The lowest BCUT2D eigenvalue weighted by atomic mass is 10.2. The van der Waals surface area contributed by atoms with Gasteiger partial charge in [0.2, 0.25) is 0 Å². The number of methoxy groups -OCH3 is 1. The van der Waals surface area contributed by atoms with Gasteiger partial charge in [-0.2, -0.15) is 23.1 Å². The average molecular weight is 455 g/mol. The highest BCUT2D eigenvalue weighted by Gasteiger charge is 2.34. The molecule has 0 spiro atoms. The molecule has 170 valence electrons. The molecular weight excluding hydrogens is 435 g/mol. The molecule has 9 heteroatoms. The van der Waals surface area contributed by atoms with Gasteiger partial charge in [-0.05, 0) is 48.5 Å². The minimum Gasteiger partial charge on any atom is -0.461 e. The zero-order chi connectivity index (χ0) is 23.3. The van der Waals surface area contributed by atoms with Gasteiger partial charge in [0.15, 0.2) is 0 Å². The Morgan fingerprint density at radius 3 is 2.33 bits per heavy atom. The van der Waals surface area contributed by atoms with E-state index >= 15 is 0 Å². The van der Waals surface area contributed by atoms with Crippen LogP contribution in [0.1, 0.15) is 5.56 Å². The fourth-order valence-corrected chi connectivity index (χ4v) is 3.09. The van der Waals surface area contributed by atoms with Gasteiger partial charge < -0.3 is 19.5 Å². The van der Waals surface area contributed by atoms with Gasteiger partial charge in [-0.3, -0.25) is 0 Å². The normalized spacial score (nSPS) is 11.4. The summed E-state index contributed by atoms with van der Waals surface area (Å²) in [5.41, 5.74) is 0.532. The summed E-state index contributed by atoms with van der Waals surface area (Å²) >= 11 is 0. The molecule has 0 bridgehead atoms. The Hall–Kier alpha value is -3.85. The summed E-state index contributed by atoms with van der Waals surface area (Å²) in [7, 11) is 1.58. The number of benzene rings is 3. The molecule has 0 saturated heterocycles. The summed E-state index contributed by atoms with van der Waals surface area (Å²) in [6, 6.07) is 19.3. The van der Waals surface area contributed by atoms with E-state index in [1.807, 2.05) is 24.3 Å². The number of rotatable bonds is 8. The summed E-state index contributed by atoms with van der Waals surface area (Å²) < 4.78 is 55.6. The van der Waals surface area contributed by atoms with E-state index in [9.17, 15) is 13.2 Å². The van der Waals surface area contributed by atoms with Crippen molar-refractivity contribution in [3.8, 4) is 17.5 Å². The van der Waals surface area contributed by atoms with E-state index in [-0.39, 0.29) is 17.5 Å². The van der Waals surface area contributed by atoms with Crippen LogP contribution in [0.25, 0.3) is 10.9 Å². The van der Waals surface area contributed by atoms with Gasteiger partial charge in [0.05, 0.1) is 17.7 Å². The predicted molar refractivity (Wildman–Crippen MR) is 118 cm³/mol. The summed E-state index contributed by atoms with van der Waals surface area (Å²) in [6.07, 6.45) is -4.50. The van der Waals surface area contributed by atoms with Gasteiger partial charge in [0.25, 0.3) is 0 Å². The number of aromatic nitrogens is 2. The molecule has 1 heterocycles. The monoisotopic (exact) mass is 455 g/mol. The second-order valence-corrected chi connectivity index (χ2v) is 6.96. The fraction of sp³-hybridized carbons (Fsp3) is 0.167. The molecule has 0 fully saturated rings. The summed E-state index contributed by atoms with van der Waals surface area (Å²) in [6.45, 7) is 0.706. The van der Waals surface area contributed by atoms with Crippen molar-refractivity contribution >= 4 is 22.4 Å². The maximum atomic E-state index is 13.2. The van der Waals surface area contributed by atoms with E-state index in [4.69, 9.17) is 14.2 Å². The third-order valence-electron chi connectivity index (χ3n) is 4.64. The number of hydrogen-bond acceptors (Lipinski definition) is 6. The Balaban J connectivity index is 1.55. The smallest absolute Gasteiger partial charge is 0.419 e. The molecule has 0 aliphatic carbocycles. The van der Waals surface area contributed by atoms with Crippen molar-refractivity contribution in [1.29, 1.82) is 0 Å². The molecule has 3 aromatic carbocycles. The SMILES string of the molecule is COCCOc1nc(Nc2ccc(Oc3ccccc3C(F)(F)F)cc2)c2ccccc2n1. The van der Waals surface area contributed by atoms with Crippen molar-refractivity contribution < 1.29 is 27.4 Å². The number of halogens is 3. The Bertz CT molecular complexity index is 1230. The van der Waals surface area contributed by atoms with Gasteiger partial charge in [-0.15, -0.1) is 0 Å². The van der Waals surface area contributed by atoms with Crippen LogP contribution in [-0.4, -0.2) is 30.3 Å². The lowest BCUT2D eigenvalue weighted by Gasteiger charge is -2.14. The molecule has 0 saturated carbocycles. The van der Waals surface area contributed by atoms with Crippen LogP contribution in [-0.2, 0) is 10.9 Å². The number of anilines is 2. The van der Waals surface area contributed by atoms with Gasteiger partial charge in [-0.25, -0.2) is 0 Å². The van der Waals surface area contributed by atoms with Crippen LogP contribution in [0.5, 0.6) is 17.5 Å². The van der Waals surface area contributed by atoms with Gasteiger partial charge in [-0.1, -0.05) is 24.3 Å². The maximum Gasteiger partial charge on any atom is 0.419 e. The molecule has 6 nitrogen and oxygen atoms in total. The first-order valence-corrected chi connectivity index (χ1v) is 10.0. The van der Waals surface area contributed by atoms with Crippen molar-refractivity contribution in [2.24, 2.45) is 0 Å². The molecule has 0 amide bonds. The lowest BCUT2D eigenvalue weighted by Crippen LogP contribution is -2.08. The van der Waals surface area contributed by atoms with E-state index in [1.165, 1.54) is 18.2 Å². The number of fused-ring (bicyclic) bond motifs is 1. The average Bonchev–Trinajstić information content (AvgIpc) is 2.80. The van der Waals surface area contributed by atoms with Crippen LogP contribution in [0.15, 0.2) is 72.8 Å². The molecule has 0 radical (unpaired) electrons. The number of hydrogen-bond donors (Lipinski definition) is 1. The largest absolute Gasteiger partial charge is 0.461 e. The molecule has 1 aromatic heterocycles. The van der Waals surface area contributed by atoms with E-state index in [1.54, 1.807) is 31.4 Å². The topological polar surface area (TPSA) is 65.5 Å². The first-order valence-electron chi connectivity index (χ1n) is 10.0. The summed E-state index contributed by atoms with van der Waals surface area (Å²) in [4.78, 5) is 8.84. The van der Waals surface area contributed by atoms with Crippen molar-refractivity contribution in [1.82, 2.24) is 9.97 Å². The zero-order valence-corrected chi connectivity index (χ0v) is 17.6. The first-order chi connectivity index (χ1) is 15.9. The minimum atomic E-state index is -4.50. The molecule has 4 rings (SSSR count). The molecule has 1 N–H and O–H groups in total. The molecular formula is C24H20F3N3O3. The second-order valence-electron chi connectivity index (χ2n) is 6.96. The van der Waals surface area contributed by atoms with Crippen LogP contribution in [0.4, 0.5) is 24.7 Å². The Labute approximate surface area is 188 Å². The standard InChI is InChI=1S/C24H20F3N3O3/c1-31-14-15-32-23-29-20-8-4-2-6-18(20)22(30-23)28-16-10-12-17(13-11-16)33-21-9-5-3-7-19(21)24(25,26)27/h2-13H,14-15H2,1H3,(H,28,29,30). The van der Waals surface area contributed by atoms with Crippen LogP contribution in [0, 0.1) is 0 Å². The Kier molecular flexibility index (Phi) is 6.60. The van der Waals surface area contributed by atoms with Crippen molar-refractivity contribution in [2.75, 3.05) is 25.6 Å². The second kappa shape index (κ2) is 9.74. The van der Waals surface area contributed by atoms with Crippen LogP contribution >= 0.6 is 0 Å². The molecule has 0 aliphatic heterocycles. The fourth-order valence-electron chi connectivity index (χ4n) is 3.09. The van der Waals surface area contributed by atoms with Crippen molar-refractivity contribution in [2.45, 2.75) is 6.18 Å². The number of ether oxygens (including phenoxy) is 3. The van der Waals surface area contributed by atoms with Crippen LogP contribution in [0.3, 0.4) is 0 Å². The van der Waals surface area contributed by atoms with Gasteiger partial charge in [0, 0.05) is 18.2 Å². The zero-order valence-electron chi connectivity index (χ0n) is 17.6. The summed E-state index contributed by atoms with van der Waals surface area (Å²) in [5, 5.41) is 3.99. The highest BCUT2D eigenvalue weighted by atomic mass is 19.4. The lowest BCUT2D eigenvalue weighted by molar-refractivity contribution is -0.138. The molecule has 33 heavy (non-hydrogen) atoms.